The molecule has 3 rings (SSSR count). The van der Waals surface area contributed by atoms with Crippen LogP contribution >= 0.6 is 0 Å². The number of hydrogen-bond donors (Lipinski definition) is 1. The van der Waals surface area contributed by atoms with Crippen molar-refractivity contribution >= 4 is 22.8 Å². The molecule has 0 atom stereocenters. The molecule has 26 heavy (non-hydrogen) atoms. The topological polar surface area (TPSA) is 66.3 Å². The van der Waals surface area contributed by atoms with Crippen LogP contribution in [-0.4, -0.2) is 34.1 Å². The molecule has 134 valence electrons. The Morgan fingerprint density at radius 1 is 1.00 bits per heavy atom. The number of rotatable bonds is 5. The summed E-state index contributed by atoms with van der Waals surface area (Å²) in [5, 5.41) is 9.17. The van der Waals surface area contributed by atoms with Gasteiger partial charge in [-0.3, -0.25) is 0 Å². The first-order valence-electron chi connectivity index (χ1n) is 8.20. The van der Waals surface area contributed by atoms with Gasteiger partial charge in [0.1, 0.15) is 5.69 Å². The lowest BCUT2D eigenvalue weighted by Crippen LogP contribution is -2.24. The van der Waals surface area contributed by atoms with Crippen molar-refractivity contribution in [2.24, 2.45) is 0 Å². The van der Waals surface area contributed by atoms with Crippen molar-refractivity contribution in [3.63, 3.8) is 0 Å². The van der Waals surface area contributed by atoms with Gasteiger partial charge in [-0.25, -0.2) is 23.5 Å². The van der Waals surface area contributed by atoms with E-state index in [0.29, 0.717) is 41.2 Å². The van der Waals surface area contributed by atoms with Gasteiger partial charge in [0.15, 0.2) is 17.5 Å². The van der Waals surface area contributed by atoms with Crippen LogP contribution in [0.2, 0.25) is 0 Å². The average molecular weight is 357 g/mol. The zero-order valence-electron chi connectivity index (χ0n) is 14.3. The van der Waals surface area contributed by atoms with Crippen molar-refractivity contribution in [2.75, 3.05) is 18.0 Å². The second-order valence-corrected chi connectivity index (χ2v) is 5.71. The summed E-state index contributed by atoms with van der Waals surface area (Å²) >= 11 is 0. The molecule has 0 aliphatic rings. The first-order valence-corrected chi connectivity index (χ1v) is 8.20. The first kappa shape index (κ1) is 17.7. The highest BCUT2D eigenvalue weighted by atomic mass is 19.2. The van der Waals surface area contributed by atoms with Crippen molar-refractivity contribution in [3.05, 3.63) is 53.6 Å². The number of benzene rings is 2. The Bertz CT molecular complexity index is 988. The number of aromatic nitrogens is 2. The minimum atomic E-state index is -1.05. The number of fused-ring (bicyclic) bond motifs is 1. The fourth-order valence-corrected chi connectivity index (χ4v) is 2.76. The summed E-state index contributed by atoms with van der Waals surface area (Å²) in [5.74, 6) is -2.45. The average Bonchev–Trinajstić information content (AvgIpc) is 2.64. The van der Waals surface area contributed by atoms with Crippen LogP contribution in [0.1, 0.15) is 24.2 Å². The summed E-state index contributed by atoms with van der Waals surface area (Å²) in [6.07, 6.45) is 0. The molecule has 5 nitrogen and oxygen atoms in total. The zero-order valence-corrected chi connectivity index (χ0v) is 14.3. The van der Waals surface area contributed by atoms with E-state index in [2.05, 4.69) is 9.97 Å². The predicted octanol–water partition coefficient (Wildman–Crippen LogP) is 4.12. The van der Waals surface area contributed by atoms with Crippen LogP contribution in [0.3, 0.4) is 0 Å². The SMILES string of the molecule is CCN(CC)c1nc2cc(C(=O)O)ccc2nc1-c1ccc(F)c(F)c1. The molecule has 1 aromatic heterocycles. The van der Waals surface area contributed by atoms with E-state index in [1.165, 1.54) is 18.2 Å². The Labute approximate surface area is 148 Å². The molecule has 1 heterocycles. The Balaban J connectivity index is 2.28. The minimum absolute atomic E-state index is 0.109. The molecule has 0 spiro atoms. The number of anilines is 1. The van der Waals surface area contributed by atoms with Crippen molar-refractivity contribution < 1.29 is 18.7 Å². The molecule has 0 aliphatic heterocycles. The van der Waals surface area contributed by atoms with Crippen LogP contribution in [-0.2, 0) is 0 Å². The van der Waals surface area contributed by atoms with Gasteiger partial charge in [-0.05, 0) is 50.2 Å². The third-order valence-electron chi connectivity index (χ3n) is 4.15. The summed E-state index contributed by atoms with van der Waals surface area (Å²) < 4.78 is 27.0. The Morgan fingerprint density at radius 2 is 1.73 bits per heavy atom. The number of aromatic carboxylic acids is 1. The Hall–Kier alpha value is -3.09. The molecule has 0 fully saturated rings. The highest BCUT2D eigenvalue weighted by molar-refractivity contribution is 5.93. The molecule has 0 saturated carbocycles. The van der Waals surface area contributed by atoms with E-state index in [0.717, 1.165) is 12.1 Å². The zero-order chi connectivity index (χ0) is 18.8. The fraction of sp³-hybridized carbons (Fsp3) is 0.211. The molecular formula is C19H17F2N3O2. The molecule has 3 aromatic rings. The number of hydrogen-bond acceptors (Lipinski definition) is 4. The summed E-state index contributed by atoms with van der Waals surface area (Å²) in [4.78, 5) is 22.2. The molecule has 0 bridgehead atoms. The summed E-state index contributed by atoms with van der Waals surface area (Å²) in [6, 6.07) is 8.03. The second kappa shape index (κ2) is 7.03. The van der Waals surface area contributed by atoms with Crippen molar-refractivity contribution in [3.8, 4) is 11.3 Å². The molecule has 0 aliphatic carbocycles. The van der Waals surface area contributed by atoms with E-state index in [1.807, 2.05) is 18.7 Å². The van der Waals surface area contributed by atoms with Crippen LogP contribution in [0.5, 0.6) is 0 Å². The van der Waals surface area contributed by atoms with Gasteiger partial charge in [-0.2, -0.15) is 0 Å². The summed E-state index contributed by atoms with van der Waals surface area (Å²) in [6.45, 7) is 5.15. The second-order valence-electron chi connectivity index (χ2n) is 5.71. The third kappa shape index (κ3) is 3.20. The monoisotopic (exact) mass is 357 g/mol. The lowest BCUT2D eigenvalue weighted by molar-refractivity contribution is 0.0697. The van der Waals surface area contributed by atoms with Crippen LogP contribution in [0.15, 0.2) is 36.4 Å². The molecule has 0 radical (unpaired) electrons. The van der Waals surface area contributed by atoms with Crippen LogP contribution < -0.4 is 4.90 Å². The molecule has 2 aromatic carbocycles. The van der Waals surface area contributed by atoms with E-state index in [-0.39, 0.29) is 5.56 Å². The van der Waals surface area contributed by atoms with Gasteiger partial charge in [0.05, 0.1) is 16.6 Å². The maximum atomic E-state index is 13.7. The molecule has 0 unspecified atom stereocenters. The molecule has 0 amide bonds. The van der Waals surface area contributed by atoms with Gasteiger partial charge in [-0.15, -0.1) is 0 Å². The van der Waals surface area contributed by atoms with Crippen molar-refractivity contribution in [2.45, 2.75) is 13.8 Å². The molecule has 7 heteroatoms. The summed E-state index contributed by atoms with van der Waals surface area (Å²) in [5.41, 5.74) is 1.84. The lowest BCUT2D eigenvalue weighted by Gasteiger charge is -2.23. The highest BCUT2D eigenvalue weighted by Gasteiger charge is 2.18. The number of nitrogens with zero attached hydrogens (tertiary/aromatic N) is 3. The van der Waals surface area contributed by atoms with E-state index in [4.69, 9.17) is 5.11 Å². The third-order valence-corrected chi connectivity index (χ3v) is 4.15. The van der Waals surface area contributed by atoms with E-state index >= 15 is 0 Å². The predicted molar refractivity (Wildman–Crippen MR) is 95.4 cm³/mol. The van der Waals surface area contributed by atoms with Crippen molar-refractivity contribution in [1.82, 2.24) is 9.97 Å². The van der Waals surface area contributed by atoms with Gasteiger partial charge < -0.3 is 10.0 Å². The van der Waals surface area contributed by atoms with Crippen LogP contribution in [0.25, 0.3) is 22.3 Å². The number of carbonyl (C=O) groups is 1. The molecule has 1 N–H and O–H groups in total. The van der Waals surface area contributed by atoms with Gasteiger partial charge >= 0.3 is 5.97 Å². The lowest BCUT2D eigenvalue weighted by atomic mass is 10.1. The Morgan fingerprint density at radius 3 is 2.35 bits per heavy atom. The van der Waals surface area contributed by atoms with E-state index in [1.54, 1.807) is 6.07 Å². The smallest absolute Gasteiger partial charge is 0.335 e. The van der Waals surface area contributed by atoms with Crippen LogP contribution in [0.4, 0.5) is 14.6 Å². The number of halogens is 2. The Kier molecular flexibility index (Phi) is 4.79. The molecular weight excluding hydrogens is 340 g/mol. The quantitative estimate of drug-likeness (QED) is 0.744. The standard InChI is InChI=1S/C19H17F2N3O2/c1-3-24(4-2)18-17(11-5-7-13(20)14(21)9-11)22-15-8-6-12(19(25)26)10-16(15)23-18/h5-10H,3-4H2,1-2H3,(H,25,26). The highest BCUT2D eigenvalue weighted by Crippen LogP contribution is 2.31. The van der Waals surface area contributed by atoms with E-state index in [9.17, 15) is 13.6 Å². The van der Waals surface area contributed by atoms with Crippen LogP contribution in [0, 0.1) is 11.6 Å². The van der Waals surface area contributed by atoms with E-state index < -0.39 is 17.6 Å². The van der Waals surface area contributed by atoms with Gasteiger partial charge in [0, 0.05) is 18.7 Å². The fourth-order valence-electron chi connectivity index (χ4n) is 2.76. The normalized spacial score (nSPS) is 10.9. The van der Waals surface area contributed by atoms with Gasteiger partial charge in [-0.1, -0.05) is 0 Å². The van der Waals surface area contributed by atoms with Gasteiger partial charge in [0.2, 0.25) is 0 Å². The summed E-state index contributed by atoms with van der Waals surface area (Å²) in [7, 11) is 0. The number of carboxylic acids is 1. The van der Waals surface area contributed by atoms with Gasteiger partial charge in [0.25, 0.3) is 0 Å². The molecule has 0 saturated heterocycles. The van der Waals surface area contributed by atoms with Crippen molar-refractivity contribution in [1.29, 1.82) is 0 Å². The largest absolute Gasteiger partial charge is 0.478 e. The maximum absolute atomic E-state index is 13.7. The maximum Gasteiger partial charge on any atom is 0.335 e. The minimum Gasteiger partial charge on any atom is -0.478 e. The first-order chi connectivity index (χ1) is 12.4. The number of carboxylic acid groups (broad SMARTS) is 1.